The predicted octanol–water partition coefficient (Wildman–Crippen LogP) is 2.39. The summed E-state index contributed by atoms with van der Waals surface area (Å²) in [6.07, 6.45) is 1.35. The lowest BCUT2D eigenvalue weighted by atomic mass is 10.4. The highest BCUT2D eigenvalue weighted by molar-refractivity contribution is 8.24. The van der Waals surface area contributed by atoms with Crippen LogP contribution in [0.5, 0.6) is 0 Å². The highest BCUT2D eigenvalue weighted by atomic mass is 32.2. The number of alkyl halides is 2. The molecule has 1 rings (SSSR count). The molecular weight excluding hydrogens is 276 g/mol. The summed E-state index contributed by atoms with van der Waals surface area (Å²) in [5.74, 6) is -3.92. The molecular formula is C12H19F2NO3S. The number of likely N-dealkylation sites (N-methyl/N-ethyl adjacent to an activating group) is 1. The van der Waals surface area contributed by atoms with Gasteiger partial charge in [-0.1, -0.05) is 13.8 Å². The van der Waals surface area contributed by atoms with Gasteiger partial charge in [-0.05, 0) is 24.6 Å². The zero-order valence-electron chi connectivity index (χ0n) is 11.0. The van der Waals surface area contributed by atoms with Gasteiger partial charge in [0.2, 0.25) is 0 Å². The second kappa shape index (κ2) is 7.49. The zero-order valence-corrected chi connectivity index (χ0v) is 11.9. The summed E-state index contributed by atoms with van der Waals surface area (Å²) >= 11 is 0. The van der Waals surface area contributed by atoms with E-state index in [1.54, 1.807) is 0 Å². The van der Waals surface area contributed by atoms with E-state index in [-0.39, 0.29) is 10.7 Å². The molecule has 1 unspecified atom stereocenters. The van der Waals surface area contributed by atoms with Crippen LogP contribution in [0.15, 0.2) is 22.1 Å². The number of nitrogens with zero attached hydrogens (tertiary/aromatic N) is 1. The number of aliphatic carboxylic acids is 1. The maximum atomic E-state index is 12.7. The Balaban J connectivity index is 2.64. The SMILES string of the molecule is CCN(CC)CCOC1=C(C(=O)O)[SH](C(F)F)C=C1. The lowest BCUT2D eigenvalue weighted by Gasteiger charge is -2.19. The van der Waals surface area contributed by atoms with Crippen LogP contribution < -0.4 is 0 Å². The molecule has 4 nitrogen and oxygen atoms in total. The van der Waals surface area contributed by atoms with Crippen molar-refractivity contribution in [3.8, 4) is 0 Å². The Kier molecular flexibility index (Phi) is 6.30. The molecule has 0 bridgehead atoms. The summed E-state index contributed by atoms with van der Waals surface area (Å²) in [5, 5.41) is 10.2. The van der Waals surface area contributed by atoms with Crippen LogP contribution in [0.4, 0.5) is 8.78 Å². The zero-order chi connectivity index (χ0) is 14.4. The molecule has 0 aromatic heterocycles. The van der Waals surface area contributed by atoms with E-state index in [1.807, 2.05) is 13.8 Å². The van der Waals surface area contributed by atoms with E-state index in [4.69, 9.17) is 9.84 Å². The molecule has 1 atom stereocenters. The molecule has 0 aliphatic carbocycles. The van der Waals surface area contributed by atoms with Crippen LogP contribution in [0.25, 0.3) is 0 Å². The largest absolute Gasteiger partial charge is 0.491 e. The lowest BCUT2D eigenvalue weighted by Crippen LogP contribution is -2.27. The first-order chi connectivity index (χ1) is 9.01. The van der Waals surface area contributed by atoms with Gasteiger partial charge in [-0.15, -0.1) is 10.9 Å². The molecule has 1 heterocycles. The smallest absolute Gasteiger partial charge is 0.344 e. The van der Waals surface area contributed by atoms with Crippen molar-refractivity contribution in [3.05, 3.63) is 22.1 Å². The average molecular weight is 295 g/mol. The normalized spacial score (nSPS) is 20.6. The van der Waals surface area contributed by atoms with Crippen LogP contribution in [-0.4, -0.2) is 48.0 Å². The second-order valence-corrected chi connectivity index (χ2v) is 5.84. The Morgan fingerprint density at radius 1 is 1.47 bits per heavy atom. The van der Waals surface area contributed by atoms with E-state index in [0.717, 1.165) is 13.1 Å². The van der Waals surface area contributed by atoms with Crippen LogP contribution in [0, 0.1) is 0 Å². The second-order valence-electron chi connectivity index (χ2n) is 3.89. The number of hydrogen-bond donors (Lipinski definition) is 2. The summed E-state index contributed by atoms with van der Waals surface area (Å²) < 4.78 is 30.7. The van der Waals surface area contributed by atoms with E-state index in [0.29, 0.717) is 13.2 Å². The predicted molar refractivity (Wildman–Crippen MR) is 72.5 cm³/mol. The highest BCUT2D eigenvalue weighted by Crippen LogP contribution is 2.49. The Morgan fingerprint density at radius 3 is 2.58 bits per heavy atom. The molecule has 0 spiro atoms. The number of halogens is 2. The summed E-state index contributed by atoms with van der Waals surface area (Å²) in [7, 11) is -2.06. The molecule has 1 aliphatic heterocycles. The van der Waals surface area contributed by atoms with Crippen molar-refractivity contribution in [1.82, 2.24) is 4.90 Å². The number of thiol groups is 1. The van der Waals surface area contributed by atoms with E-state index in [2.05, 4.69) is 4.90 Å². The molecule has 0 fully saturated rings. The summed E-state index contributed by atoms with van der Waals surface area (Å²) in [4.78, 5) is 12.9. The molecule has 19 heavy (non-hydrogen) atoms. The maximum Gasteiger partial charge on any atom is 0.344 e. The minimum atomic E-state index is -2.67. The standard InChI is InChI=1S/C12H19F2NO3S/c1-3-15(4-2)6-7-18-9-5-8-19(12(13)14)10(9)11(16)17/h5,8,12,19H,3-4,6-7H2,1-2H3,(H,16,17). The van der Waals surface area contributed by atoms with Crippen molar-refractivity contribution in [2.24, 2.45) is 0 Å². The highest BCUT2D eigenvalue weighted by Gasteiger charge is 2.30. The molecule has 0 amide bonds. The van der Waals surface area contributed by atoms with Crippen LogP contribution >= 0.6 is 10.9 Å². The molecule has 0 saturated carbocycles. The number of carboxylic acid groups (broad SMARTS) is 1. The Hall–Kier alpha value is -1.08. The van der Waals surface area contributed by atoms with E-state index in [1.165, 1.54) is 11.5 Å². The van der Waals surface area contributed by atoms with Gasteiger partial charge in [-0.3, -0.25) is 0 Å². The third-order valence-corrected chi connectivity index (χ3v) is 4.67. The van der Waals surface area contributed by atoms with Crippen molar-refractivity contribution in [2.75, 3.05) is 26.2 Å². The van der Waals surface area contributed by atoms with Crippen molar-refractivity contribution < 1.29 is 23.4 Å². The molecule has 0 radical (unpaired) electrons. The number of carboxylic acids is 1. The minimum Gasteiger partial charge on any atom is -0.491 e. The molecule has 0 saturated heterocycles. The van der Waals surface area contributed by atoms with Gasteiger partial charge in [-0.25, -0.2) is 4.79 Å². The Morgan fingerprint density at radius 2 is 2.11 bits per heavy atom. The first-order valence-electron chi connectivity index (χ1n) is 6.08. The van der Waals surface area contributed by atoms with Gasteiger partial charge in [0.15, 0.2) is 0 Å². The Bertz CT molecular complexity index is 381. The molecule has 0 aromatic rings. The van der Waals surface area contributed by atoms with E-state index < -0.39 is 22.6 Å². The van der Waals surface area contributed by atoms with Crippen LogP contribution in [0.2, 0.25) is 0 Å². The van der Waals surface area contributed by atoms with Crippen molar-refractivity contribution in [2.45, 2.75) is 19.6 Å². The number of hydrogen-bond acceptors (Lipinski definition) is 3. The quantitative estimate of drug-likeness (QED) is 0.675. The number of ether oxygens (including phenoxy) is 1. The van der Waals surface area contributed by atoms with Crippen molar-refractivity contribution >= 4 is 16.9 Å². The minimum absolute atomic E-state index is 0.0751. The Labute approximate surface area is 114 Å². The number of allylic oxidation sites excluding steroid dienone is 1. The van der Waals surface area contributed by atoms with E-state index in [9.17, 15) is 13.6 Å². The molecule has 7 heteroatoms. The van der Waals surface area contributed by atoms with Crippen LogP contribution in [-0.2, 0) is 9.53 Å². The van der Waals surface area contributed by atoms with Crippen LogP contribution in [0.3, 0.4) is 0 Å². The first-order valence-corrected chi connectivity index (χ1v) is 7.56. The van der Waals surface area contributed by atoms with Crippen molar-refractivity contribution in [1.29, 1.82) is 0 Å². The average Bonchev–Trinajstić information content (AvgIpc) is 2.78. The summed E-state index contributed by atoms with van der Waals surface area (Å²) in [6, 6.07) is 0. The van der Waals surface area contributed by atoms with E-state index >= 15 is 0 Å². The van der Waals surface area contributed by atoms with Gasteiger partial charge in [0, 0.05) is 6.54 Å². The van der Waals surface area contributed by atoms with Gasteiger partial charge in [-0.2, -0.15) is 8.78 Å². The topological polar surface area (TPSA) is 49.8 Å². The van der Waals surface area contributed by atoms with Crippen LogP contribution in [0.1, 0.15) is 13.8 Å². The summed E-state index contributed by atoms with van der Waals surface area (Å²) in [5.41, 5.74) is 0. The fourth-order valence-electron chi connectivity index (χ4n) is 1.75. The van der Waals surface area contributed by atoms with Gasteiger partial charge in [0.25, 0.3) is 5.76 Å². The third kappa shape index (κ3) is 4.21. The molecule has 1 N–H and O–H groups in total. The maximum absolute atomic E-state index is 12.7. The lowest BCUT2D eigenvalue weighted by molar-refractivity contribution is -0.132. The summed E-state index contributed by atoms with van der Waals surface area (Å²) in [6.45, 7) is 6.69. The van der Waals surface area contributed by atoms with Gasteiger partial charge >= 0.3 is 5.97 Å². The first kappa shape index (κ1) is 16.0. The van der Waals surface area contributed by atoms with Gasteiger partial charge < -0.3 is 14.7 Å². The fourth-order valence-corrected chi connectivity index (χ4v) is 3.13. The monoisotopic (exact) mass is 295 g/mol. The van der Waals surface area contributed by atoms with Crippen molar-refractivity contribution in [3.63, 3.8) is 0 Å². The molecule has 0 aromatic carbocycles. The fraction of sp³-hybridized carbons (Fsp3) is 0.583. The third-order valence-electron chi connectivity index (χ3n) is 2.85. The number of rotatable bonds is 8. The number of carbonyl (C=O) groups is 1. The van der Waals surface area contributed by atoms with Gasteiger partial charge in [0.1, 0.15) is 17.3 Å². The van der Waals surface area contributed by atoms with Gasteiger partial charge in [0.05, 0.1) is 0 Å². The molecule has 110 valence electrons. The molecule has 1 aliphatic rings.